The molecule has 2 N–H and O–H groups in total. The molecule has 0 amide bonds. The van der Waals surface area contributed by atoms with Gasteiger partial charge in [0.2, 0.25) is 0 Å². The van der Waals surface area contributed by atoms with E-state index in [9.17, 15) is 4.79 Å². The van der Waals surface area contributed by atoms with Gasteiger partial charge in [-0.3, -0.25) is 0 Å². The fourth-order valence-electron chi connectivity index (χ4n) is 2.17. The van der Waals surface area contributed by atoms with E-state index in [1.807, 2.05) is 52.0 Å². The number of nitrogens with two attached hydrogens (primary N) is 1. The van der Waals surface area contributed by atoms with Crippen LogP contribution in [0.3, 0.4) is 0 Å². The normalized spacial score (nSPS) is 15.0. The van der Waals surface area contributed by atoms with Crippen LogP contribution in [-0.4, -0.2) is 18.2 Å². The summed E-state index contributed by atoms with van der Waals surface area (Å²) in [7, 11) is 0. The molecule has 1 rings (SSSR count). The summed E-state index contributed by atoms with van der Waals surface area (Å²) in [6.07, 6.45) is 0.983. The fraction of sp³-hybridized carbons (Fsp3) is 0.632. The maximum Gasteiger partial charge on any atom is 0.344 e. The number of rotatable bonds is 6. The first kappa shape index (κ1) is 19.5. The van der Waals surface area contributed by atoms with Crippen molar-refractivity contribution >= 4 is 5.97 Å². The second-order valence-corrected chi connectivity index (χ2v) is 7.84. The summed E-state index contributed by atoms with van der Waals surface area (Å²) in [5, 5.41) is 0. The third kappa shape index (κ3) is 5.24. The quantitative estimate of drug-likeness (QED) is 0.804. The van der Waals surface area contributed by atoms with Gasteiger partial charge >= 0.3 is 5.97 Å². The standard InChI is InChI=1S/C19H31NO3/c1-8-18(5,6)19(7,20)14-9-11-15(12-10-14)22-13-16(21)23-17(2,3)4/h9-12H,8,13,20H2,1-7H3. The van der Waals surface area contributed by atoms with Crippen LogP contribution < -0.4 is 10.5 Å². The Morgan fingerprint density at radius 1 is 1.04 bits per heavy atom. The van der Waals surface area contributed by atoms with Gasteiger partial charge in [0.1, 0.15) is 11.4 Å². The molecule has 0 aromatic heterocycles. The maximum atomic E-state index is 11.7. The van der Waals surface area contributed by atoms with E-state index in [1.54, 1.807) is 0 Å². The van der Waals surface area contributed by atoms with Gasteiger partial charge in [0.05, 0.1) is 0 Å². The van der Waals surface area contributed by atoms with E-state index in [1.165, 1.54) is 0 Å². The minimum atomic E-state index is -0.503. The average molecular weight is 321 g/mol. The smallest absolute Gasteiger partial charge is 0.344 e. The predicted octanol–water partition coefficient (Wildman–Crippen LogP) is 4.02. The molecule has 0 aliphatic rings. The second-order valence-electron chi connectivity index (χ2n) is 7.84. The molecule has 0 bridgehead atoms. The van der Waals surface area contributed by atoms with Crippen molar-refractivity contribution in [1.82, 2.24) is 0 Å². The number of carbonyl (C=O) groups is 1. The van der Waals surface area contributed by atoms with E-state index in [4.69, 9.17) is 15.2 Å². The SMILES string of the molecule is CCC(C)(C)C(C)(N)c1ccc(OCC(=O)OC(C)(C)C)cc1. The molecule has 130 valence electrons. The zero-order chi connectivity index (χ0) is 17.9. The Morgan fingerprint density at radius 3 is 2.00 bits per heavy atom. The molecule has 1 unspecified atom stereocenters. The number of benzene rings is 1. The third-order valence-electron chi connectivity index (χ3n) is 4.52. The van der Waals surface area contributed by atoms with Crippen molar-refractivity contribution in [1.29, 1.82) is 0 Å². The highest BCUT2D eigenvalue weighted by Gasteiger charge is 2.37. The number of hydrogen-bond acceptors (Lipinski definition) is 4. The Hall–Kier alpha value is -1.55. The molecule has 0 heterocycles. The summed E-state index contributed by atoms with van der Waals surface area (Å²) in [5.74, 6) is 0.252. The summed E-state index contributed by atoms with van der Waals surface area (Å²) >= 11 is 0. The van der Waals surface area contributed by atoms with Crippen molar-refractivity contribution in [3.63, 3.8) is 0 Å². The van der Waals surface area contributed by atoms with Gasteiger partial charge in [-0.25, -0.2) is 4.79 Å². The minimum absolute atomic E-state index is 0.0219. The van der Waals surface area contributed by atoms with Crippen LogP contribution >= 0.6 is 0 Å². The van der Waals surface area contributed by atoms with E-state index in [0.29, 0.717) is 5.75 Å². The Morgan fingerprint density at radius 2 is 1.57 bits per heavy atom. The monoisotopic (exact) mass is 321 g/mol. The average Bonchev–Trinajstić information content (AvgIpc) is 2.43. The zero-order valence-electron chi connectivity index (χ0n) is 15.5. The first-order valence-corrected chi connectivity index (χ1v) is 8.13. The number of hydrogen-bond donors (Lipinski definition) is 1. The molecule has 4 heteroatoms. The topological polar surface area (TPSA) is 61.5 Å². The molecule has 1 atom stereocenters. The Bertz CT molecular complexity index is 525. The lowest BCUT2D eigenvalue weighted by atomic mass is 9.68. The molecule has 0 saturated heterocycles. The molecular formula is C19H31NO3. The molecule has 0 radical (unpaired) electrons. The van der Waals surface area contributed by atoms with Gasteiger partial charge in [-0.2, -0.15) is 0 Å². The van der Waals surface area contributed by atoms with Gasteiger partial charge < -0.3 is 15.2 Å². The van der Waals surface area contributed by atoms with Gasteiger partial charge in [0, 0.05) is 5.54 Å². The summed E-state index contributed by atoms with van der Waals surface area (Å²) in [6, 6.07) is 7.61. The molecule has 23 heavy (non-hydrogen) atoms. The molecule has 0 aliphatic heterocycles. The van der Waals surface area contributed by atoms with E-state index >= 15 is 0 Å². The molecule has 0 spiro atoms. The van der Waals surface area contributed by atoms with Crippen LogP contribution in [0.1, 0.15) is 60.5 Å². The summed E-state index contributed by atoms with van der Waals surface area (Å²) in [5.41, 5.74) is 6.64. The van der Waals surface area contributed by atoms with E-state index in [2.05, 4.69) is 20.8 Å². The van der Waals surface area contributed by atoms with Crippen LogP contribution in [0.4, 0.5) is 0 Å². The molecule has 0 fully saturated rings. The van der Waals surface area contributed by atoms with Crippen molar-refractivity contribution < 1.29 is 14.3 Å². The summed E-state index contributed by atoms with van der Waals surface area (Å²) in [4.78, 5) is 11.7. The Balaban J connectivity index is 2.73. The van der Waals surface area contributed by atoms with Crippen LogP contribution in [0, 0.1) is 5.41 Å². The molecule has 0 aliphatic carbocycles. The Labute approximate surface area is 140 Å². The Kier molecular flexibility index (Phi) is 5.86. The van der Waals surface area contributed by atoms with Crippen molar-refractivity contribution in [3.05, 3.63) is 29.8 Å². The molecule has 1 aromatic rings. The lowest BCUT2D eigenvalue weighted by molar-refractivity contribution is -0.157. The van der Waals surface area contributed by atoms with Gasteiger partial charge in [0.25, 0.3) is 0 Å². The molecule has 4 nitrogen and oxygen atoms in total. The number of ether oxygens (including phenoxy) is 2. The number of carbonyl (C=O) groups excluding carboxylic acids is 1. The first-order chi connectivity index (χ1) is 10.4. The molecular weight excluding hydrogens is 290 g/mol. The lowest BCUT2D eigenvalue weighted by Crippen LogP contribution is -2.46. The minimum Gasteiger partial charge on any atom is -0.482 e. The third-order valence-corrected chi connectivity index (χ3v) is 4.52. The number of esters is 1. The van der Waals surface area contributed by atoms with E-state index < -0.39 is 11.1 Å². The zero-order valence-corrected chi connectivity index (χ0v) is 15.5. The van der Waals surface area contributed by atoms with Crippen molar-refractivity contribution in [3.8, 4) is 5.75 Å². The van der Waals surface area contributed by atoms with Gasteiger partial charge in [-0.1, -0.05) is 32.9 Å². The van der Waals surface area contributed by atoms with Crippen LogP contribution in [0.25, 0.3) is 0 Å². The summed E-state index contributed by atoms with van der Waals surface area (Å²) < 4.78 is 10.7. The highest BCUT2D eigenvalue weighted by molar-refractivity contribution is 5.71. The summed E-state index contributed by atoms with van der Waals surface area (Å²) in [6.45, 7) is 13.9. The van der Waals surface area contributed by atoms with E-state index in [-0.39, 0.29) is 18.0 Å². The van der Waals surface area contributed by atoms with Crippen molar-refractivity contribution in [2.24, 2.45) is 11.1 Å². The second kappa shape index (κ2) is 6.91. The predicted molar refractivity (Wildman–Crippen MR) is 93.4 cm³/mol. The van der Waals surface area contributed by atoms with Gasteiger partial charge in [-0.05, 0) is 57.2 Å². The van der Waals surface area contributed by atoms with Gasteiger partial charge in [0.15, 0.2) is 6.61 Å². The molecule has 1 aromatic carbocycles. The van der Waals surface area contributed by atoms with Gasteiger partial charge in [-0.15, -0.1) is 0 Å². The van der Waals surface area contributed by atoms with Crippen LogP contribution in [0.15, 0.2) is 24.3 Å². The first-order valence-electron chi connectivity index (χ1n) is 8.13. The van der Waals surface area contributed by atoms with Crippen LogP contribution in [-0.2, 0) is 15.1 Å². The van der Waals surface area contributed by atoms with Crippen LogP contribution in [0.2, 0.25) is 0 Å². The highest BCUT2D eigenvalue weighted by atomic mass is 16.6. The van der Waals surface area contributed by atoms with Crippen molar-refractivity contribution in [2.75, 3.05) is 6.61 Å². The van der Waals surface area contributed by atoms with E-state index in [0.717, 1.165) is 12.0 Å². The molecule has 0 saturated carbocycles. The lowest BCUT2D eigenvalue weighted by Gasteiger charge is -2.41. The van der Waals surface area contributed by atoms with Crippen LogP contribution in [0.5, 0.6) is 5.75 Å². The fourth-order valence-corrected chi connectivity index (χ4v) is 2.17. The largest absolute Gasteiger partial charge is 0.482 e. The van der Waals surface area contributed by atoms with Crippen molar-refractivity contribution in [2.45, 2.75) is 66.0 Å². The highest BCUT2D eigenvalue weighted by Crippen LogP contribution is 2.40. The maximum absolute atomic E-state index is 11.7.